The van der Waals surface area contributed by atoms with Gasteiger partial charge >= 0.3 is 12.4 Å². The molecule has 10 heteroatoms. The second kappa shape index (κ2) is 14.7. The van der Waals surface area contributed by atoms with Crippen molar-refractivity contribution in [1.82, 2.24) is 0 Å². The summed E-state index contributed by atoms with van der Waals surface area (Å²) < 4.78 is 122. The van der Waals surface area contributed by atoms with Crippen LogP contribution in [0.2, 0.25) is 0 Å². The maximum atomic E-state index is 16.3. The fraction of sp³-hybridized carbons (Fsp3) is 0.0545. The molecule has 65 heavy (non-hydrogen) atoms. The third kappa shape index (κ3) is 6.00. The summed E-state index contributed by atoms with van der Waals surface area (Å²) >= 11 is 0. The highest BCUT2D eigenvalue weighted by Crippen LogP contribution is 2.66. The predicted molar refractivity (Wildman–Crippen MR) is 240 cm³/mol. The van der Waals surface area contributed by atoms with Crippen LogP contribution >= 0.6 is 0 Å². The Hall–Kier alpha value is -7.72. The highest BCUT2D eigenvalue weighted by Gasteiger charge is 2.53. The Morgan fingerprint density at radius 1 is 0.338 bits per heavy atom. The third-order valence-corrected chi connectivity index (χ3v) is 12.6. The Morgan fingerprint density at radius 2 is 0.785 bits per heavy atom. The maximum absolute atomic E-state index is 16.3. The summed E-state index contributed by atoms with van der Waals surface area (Å²) in [5, 5.41) is 1.16. The van der Waals surface area contributed by atoms with Crippen LogP contribution in [0, 0.1) is 11.6 Å². The fourth-order valence-electron chi connectivity index (χ4n) is 10.2. The zero-order chi connectivity index (χ0) is 44.8. The first-order valence-electron chi connectivity index (χ1n) is 20.7. The van der Waals surface area contributed by atoms with Crippen molar-refractivity contribution in [2.75, 3.05) is 9.80 Å². The molecular formula is C55H32F8N2. The molecule has 2 aliphatic rings. The van der Waals surface area contributed by atoms with Crippen LogP contribution in [-0.4, -0.2) is 0 Å². The van der Waals surface area contributed by atoms with Crippen molar-refractivity contribution in [1.29, 1.82) is 0 Å². The molecule has 0 atom stereocenters. The summed E-state index contributed by atoms with van der Waals surface area (Å²) in [7, 11) is 0. The van der Waals surface area contributed by atoms with Crippen molar-refractivity contribution in [2.24, 2.45) is 0 Å². The zero-order valence-electron chi connectivity index (χ0n) is 33.9. The van der Waals surface area contributed by atoms with Crippen LogP contribution in [-0.2, 0) is 17.8 Å². The van der Waals surface area contributed by atoms with Gasteiger partial charge in [-0.2, -0.15) is 26.3 Å². The standard InChI is InChI=1S/C55H32F8N2/c56-45-23-9-13-27-49(45)64(47-25-11-7-21-41(47)54(58,59)60)33-29-30-38-43(31-33)53(39-19-5-3-15-34(39)35-16-4-6-20-40(35)53)44-32-51(36-17-1-2-18-37(36)52(38)44)65(50-28-14-10-24-46(50)57)48-26-12-8-22-42(48)55(61,62)63/h1-32H. The highest BCUT2D eigenvalue weighted by molar-refractivity contribution is 6.12. The number of nitrogens with zero attached hydrogens (tertiary/aromatic N) is 2. The Morgan fingerprint density at radius 3 is 1.34 bits per heavy atom. The number of para-hydroxylation sites is 4. The molecule has 9 aromatic carbocycles. The lowest BCUT2D eigenvalue weighted by Gasteiger charge is -2.34. The van der Waals surface area contributed by atoms with Crippen LogP contribution in [0.3, 0.4) is 0 Å². The quantitative estimate of drug-likeness (QED) is 0.154. The molecule has 2 aliphatic carbocycles. The first kappa shape index (κ1) is 40.1. The van der Waals surface area contributed by atoms with Crippen molar-refractivity contribution < 1.29 is 35.1 Å². The van der Waals surface area contributed by atoms with Gasteiger partial charge in [0, 0.05) is 11.1 Å². The monoisotopic (exact) mass is 872 g/mol. The van der Waals surface area contributed by atoms with E-state index in [4.69, 9.17) is 0 Å². The van der Waals surface area contributed by atoms with Crippen LogP contribution < -0.4 is 9.80 Å². The maximum Gasteiger partial charge on any atom is 0.418 e. The molecule has 0 N–H and O–H groups in total. The van der Waals surface area contributed by atoms with E-state index in [2.05, 4.69) is 0 Å². The summed E-state index contributed by atoms with van der Waals surface area (Å²) in [4.78, 5) is 2.60. The molecule has 0 amide bonds. The lowest BCUT2D eigenvalue weighted by atomic mass is 9.70. The summed E-state index contributed by atoms with van der Waals surface area (Å²) in [6, 6.07) is 51.4. The third-order valence-electron chi connectivity index (χ3n) is 12.6. The second-order valence-electron chi connectivity index (χ2n) is 16.0. The number of fused-ring (bicyclic) bond motifs is 12. The largest absolute Gasteiger partial charge is 0.418 e. The van der Waals surface area contributed by atoms with Crippen LogP contribution in [0.25, 0.3) is 33.0 Å². The normalized spacial score (nSPS) is 13.4. The fourth-order valence-corrected chi connectivity index (χ4v) is 10.2. The van der Waals surface area contributed by atoms with Crippen LogP contribution in [0.5, 0.6) is 0 Å². The summed E-state index contributed by atoms with van der Waals surface area (Å²) in [5.41, 5.74) is 2.67. The molecule has 0 saturated carbocycles. The van der Waals surface area contributed by atoms with Crippen molar-refractivity contribution in [3.63, 3.8) is 0 Å². The smallest absolute Gasteiger partial charge is 0.307 e. The highest BCUT2D eigenvalue weighted by atomic mass is 19.4. The van der Waals surface area contributed by atoms with Crippen molar-refractivity contribution in [2.45, 2.75) is 17.8 Å². The number of anilines is 6. The molecule has 2 nitrogen and oxygen atoms in total. The molecule has 0 saturated heterocycles. The van der Waals surface area contributed by atoms with Crippen LogP contribution in [0.4, 0.5) is 69.2 Å². The lowest BCUT2D eigenvalue weighted by molar-refractivity contribution is -0.137. The minimum atomic E-state index is -4.82. The molecule has 0 radical (unpaired) electrons. The second-order valence-corrected chi connectivity index (χ2v) is 16.0. The number of halogens is 8. The molecule has 0 aliphatic heterocycles. The van der Waals surface area contributed by atoms with E-state index >= 15 is 22.0 Å². The number of rotatable bonds is 6. The van der Waals surface area contributed by atoms with Gasteiger partial charge in [-0.1, -0.05) is 127 Å². The first-order chi connectivity index (χ1) is 31.4. The van der Waals surface area contributed by atoms with Gasteiger partial charge in [0.15, 0.2) is 0 Å². The topological polar surface area (TPSA) is 6.48 Å². The number of alkyl halides is 6. The van der Waals surface area contributed by atoms with Gasteiger partial charge in [0.05, 0.1) is 45.0 Å². The average molecular weight is 873 g/mol. The van der Waals surface area contributed by atoms with Gasteiger partial charge in [-0.15, -0.1) is 0 Å². The zero-order valence-corrected chi connectivity index (χ0v) is 33.9. The van der Waals surface area contributed by atoms with Crippen LogP contribution in [0.1, 0.15) is 33.4 Å². The molecule has 9 aromatic rings. The average Bonchev–Trinajstić information content (AvgIpc) is 3.77. The van der Waals surface area contributed by atoms with Gasteiger partial charge in [-0.3, -0.25) is 0 Å². The van der Waals surface area contributed by atoms with Gasteiger partial charge in [0.25, 0.3) is 0 Å². The molecule has 0 unspecified atom stereocenters. The summed E-state index contributed by atoms with van der Waals surface area (Å²) in [6.45, 7) is 0. The van der Waals surface area contributed by atoms with Crippen molar-refractivity contribution >= 4 is 44.9 Å². The van der Waals surface area contributed by atoms with E-state index in [1.807, 2.05) is 72.8 Å². The molecule has 0 fully saturated rings. The van der Waals surface area contributed by atoms with Crippen molar-refractivity contribution in [3.05, 3.63) is 239 Å². The first-order valence-corrected chi connectivity index (χ1v) is 20.7. The molecule has 0 heterocycles. The molecule has 11 rings (SSSR count). The van der Waals surface area contributed by atoms with Crippen LogP contribution in [0.15, 0.2) is 194 Å². The van der Waals surface area contributed by atoms with Gasteiger partial charge in [0.2, 0.25) is 0 Å². The summed E-state index contributed by atoms with van der Waals surface area (Å²) in [6.07, 6.45) is -9.62. The number of hydrogen-bond acceptors (Lipinski definition) is 2. The lowest BCUT2D eigenvalue weighted by Crippen LogP contribution is -2.27. The van der Waals surface area contributed by atoms with E-state index in [0.717, 1.165) is 39.9 Å². The van der Waals surface area contributed by atoms with Crippen molar-refractivity contribution in [3.8, 4) is 22.3 Å². The number of benzene rings is 9. The van der Waals surface area contributed by atoms with E-state index < -0.39 is 40.5 Å². The van der Waals surface area contributed by atoms with Gasteiger partial charge in [-0.25, -0.2) is 8.78 Å². The minimum Gasteiger partial charge on any atom is -0.307 e. The van der Waals surface area contributed by atoms with Gasteiger partial charge < -0.3 is 9.80 Å². The van der Waals surface area contributed by atoms with Gasteiger partial charge in [-0.05, 0) is 117 Å². The predicted octanol–water partition coefficient (Wildman–Crippen LogP) is 16.4. The Kier molecular flexibility index (Phi) is 9.05. The van der Waals surface area contributed by atoms with Gasteiger partial charge in [0.1, 0.15) is 11.6 Å². The Labute approximate surface area is 367 Å². The SMILES string of the molecule is Fc1ccccc1N(c1ccc2c(c1)C1(c3ccccc3-c3ccccc31)c1cc(N(c3ccccc3F)c3ccccc3C(F)(F)F)c3ccccc3c1-2)c1ccccc1C(F)(F)F. The molecule has 318 valence electrons. The Bertz CT molecular complexity index is 3330. The van der Waals surface area contributed by atoms with E-state index in [0.29, 0.717) is 27.5 Å². The Balaban J connectivity index is 1.28. The van der Waals surface area contributed by atoms with E-state index in [9.17, 15) is 13.2 Å². The minimum absolute atomic E-state index is 0.113. The van der Waals surface area contributed by atoms with E-state index in [1.54, 1.807) is 36.4 Å². The number of hydrogen-bond donors (Lipinski definition) is 0. The molecular weight excluding hydrogens is 841 g/mol. The van der Waals surface area contributed by atoms with E-state index in [-0.39, 0.29) is 34.1 Å². The molecule has 0 aromatic heterocycles. The molecule has 0 bridgehead atoms. The van der Waals surface area contributed by atoms with E-state index in [1.165, 1.54) is 82.6 Å². The summed E-state index contributed by atoms with van der Waals surface area (Å²) in [5.74, 6) is -1.50. The molecule has 1 spiro atoms.